The van der Waals surface area contributed by atoms with Crippen molar-refractivity contribution in [3.05, 3.63) is 73.4 Å². The molecule has 0 spiro atoms. The molecule has 170 valence electrons. The van der Waals surface area contributed by atoms with Crippen molar-refractivity contribution in [1.82, 2.24) is 19.5 Å². The van der Waals surface area contributed by atoms with Gasteiger partial charge in [-0.1, -0.05) is 18.0 Å². The second-order valence-corrected chi connectivity index (χ2v) is 8.70. The van der Waals surface area contributed by atoms with Crippen LogP contribution < -0.4 is 16.0 Å². The predicted molar refractivity (Wildman–Crippen MR) is 131 cm³/mol. The Morgan fingerprint density at radius 2 is 1.88 bits per heavy atom. The van der Waals surface area contributed by atoms with Crippen LogP contribution in [0.5, 0.6) is 5.75 Å². The van der Waals surface area contributed by atoms with Gasteiger partial charge >= 0.3 is 11.2 Å². The number of piperidine rings is 1. The number of methoxy groups -OCH3 is 1. The molecule has 0 unspecified atom stereocenters. The lowest BCUT2D eigenvalue weighted by Gasteiger charge is -2.27. The first-order valence-electron chi connectivity index (χ1n) is 10.9. The van der Waals surface area contributed by atoms with Crippen molar-refractivity contribution in [2.24, 2.45) is 5.10 Å². The zero-order valence-corrected chi connectivity index (χ0v) is 19.0. The van der Waals surface area contributed by atoms with Gasteiger partial charge in [0.2, 0.25) is 0 Å². The third-order valence-corrected chi connectivity index (χ3v) is 6.30. The average molecular weight is 466 g/mol. The number of benzene rings is 2. The van der Waals surface area contributed by atoms with Gasteiger partial charge < -0.3 is 14.7 Å². The fourth-order valence-corrected chi connectivity index (χ4v) is 4.57. The van der Waals surface area contributed by atoms with Crippen LogP contribution in [-0.4, -0.2) is 46.0 Å². The number of H-pyrrole nitrogens is 2. The van der Waals surface area contributed by atoms with Gasteiger partial charge in [-0.15, -0.1) is 4.68 Å². The second-order valence-electron chi connectivity index (χ2n) is 8.26. The Bertz CT molecular complexity index is 1480. The summed E-state index contributed by atoms with van der Waals surface area (Å²) in [5.41, 5.74) is 2.07. The van der Waals surface area contributed by atoms with E-state index in [0.29, 0.717) is 21.4 Å². The number of ether oxygens (including phenoxy) is 1. The maximum Gasteiger partial charge on any atom is 0.350 e. The number of nitrogens with zero attached hydrogens (tertiary/aromatic N) is 3. The lowest BCUT2D eigenvalue weighted by atomic mass is 10.1. The highest BCUT2D eigenvalue weighted by atomic mass is 35.5. The summed E-state index contributed by atoms with van der Waals surface area (Å²) in [5, 5.41) is 5.39. The van der Waals surface area contributed by atoms with E-state index in [1.54, 1.807) is 25.3 Å². The fourth-order valence-electron chi connectivity index (χ4n) is 4.40. The summed E-state index contributed by atoms with van der Waals surface area (Å²) in [7, 11) is 1.66. The Balaban J connectivity index is 1.50. The first kappa shape index (κ1) is 21.5. The number of aromatic nitrogens is 3. The van der Waals surface area contributed by atoms with Crippen LogP contribution in [0.25, 0.3) is 21.9 Å². The molecule has 1 fully saturated rings. The van der Waals surface area contributed by atoms with Gasteiger partial charge in [-0.3, -0.25) is 9.69 Å². The standard InChI is InChI=1S/C24H24ClN5O3/c1-33-20-8-5-15(11-16(20)14-29-9-3-2-4-10-29)13-26-30-23(31)22-21(28-24(30)32)18-12-17(25)6-7-19(18)27-22/h5-8,11-13,27H,2-4,9-10,14H2,1H3,(H,28,32)/b26-13-. The topological polar surface area (TPSA) is 95.5 Å². The maximum absolute atomic E-state index is 13.0. The number of fused-ring (bicyclic) bond motifs is 3. The molecular formula is C24H24ClN5O3. The first-order chi connectivity index (χ1) is 16.0. The van der Waals surface area contributed by atoms with Crippen molar-refractivity contribution < 1.29 is 4.74 Å². The second kappa shape index (κ2) is 8.88. The predicted octanol–water partition coefficient (Wildman–Crippen LogP) is 3.70. The quantitative estimate of drug-likeness (QED) is 0.439. The normalized spacial score (nSPS) is 15.1. The minimum Gasteiger partial charge on any atom is -0.496 e. The minimum absolute atomic E-state index is 0.268. The number of hydrogen-bond donors (Lipinski definition) is 2. The first-order valence-corrected chi connectivity index (χ1v) is 11.3. The van der Waals surface area contributed by atoms with Gasteiger partial charge in [0, 0.05) is 28.0 Å². The summed E-state index contributed by atoms with van der Waals surface area (Å²) in [6, 6.07) is 10.9. The largest absolute Gasteiger partial charge is 0.496 e. The summed E-state index contributed by atoms with van der Waals surface area (Å²) >= 11 is 6.08. The van der Waals surface area contributed by atoms with Crippen LogP contribution in [0.2, 0.25) is 5.02 Å². The van der Waals surface area contributed by atoms with Crippen molar-refractivity contribution in [2.45, 2.75) is 25.8 Å². The Kier molecular flexibility index (Phi) is 5.78. The molecular weight excluding hydrogens is 442 g/mol. The van der Waals surface area contributed by atoms with E-state index in [2.05, 4.69) is 20.0 Å². The number of hydrogen-bond acceptors (Lipinski definition) is 5. The Morgan fingerprint density at radius 3 is 2.67 bits per heavy atom. The number of rotatable bonds is 5. The smallest absolute Gasteiger partial charge is 0.350 e. The summed E-state index contributed by atoms with van der Waals surface area (Å²) in [6.45, 7) is 2.93. The van der Waals surface area contributed by atoms with Crippen molar-refractivity contribution in [3.8, 4) is 5.75 Å². The van der Waals surface area contributed by atoms with Gasteiger partial charge in [0.25, 0.3) is 0 Å². The zero-order valence-electron chi connectivity index (χ0n) is 18.2. The zero-order chi connectivity index (χ0) is 22.9. The van der Waals surface area contributed by atoms with E-state index in [1.165, 1.54) is 25.5 Å². The van der Waals surface area contributed by atoms with E-state index in [-0.39, 0.29) is 5.52 Å². The lowest BCUT2D eigenvalue weighted by Crippen LogP contribution is -2.32. The molecule has 3 heterocycles. The van der Waals surface area contributed by atoms with Crippen molar-refractivity contribution in [2.75, 3.05) is 20.2 Å². The highest BCUT2D eigenvalue weighted by Gasteiger charge is 2.15. The SMILES string of the molecule is COc1ccc(/C=N\n2c(=O)[nH]c3c([nH]c4ccc(Cl)cc43)c2=O)cc1CN1CCCCC1. The van der Waals surface area contributed by atoms with Gasteiger partial charge in [-0.05, 0) is 67.9 Å². The number of nitrogens with one attached hydrogen (secondary N) is 2. The molecule has 5 rings (SSSR count). The lowest BCUT2D eigenvalue weighted by molar-refractivity contribution is 0.218. The Labute approximate surface area is 194 Å². The van der Waals surface area contributed by atoms with E-state index < -0.39 is 11.2 Å². The minimum atomic E-state index is -0.619. The number of halogens is 1. The molecule has 4 aromatic rings. The summed E-state index contributed by atoms with van der Waals surface area (Å²) in [4.78, 5) is 33.9. The monoisotopic (exact) mass is 465 g/mol. The molecule has 2 aromatic carbocycles. The number of aromatic amines is 2. The molecule has 0 aliphatic carbocycles. The van der Waals surface area contributed by atoms with Crippen molar-refractivity contribution in [3.63, 3.8) is 0 Å². The molecule has 0 bridgehead atoms. The van der Waals surface area contributed by atoms with Crippen LogP contribution >= 0.6 is 11.6 Å². The van der Waals surface area contributed by atoms with Crippen molar-refractivity contribution >= 4 is 39.8 Å². The third kappa shape index (κ3) is 4.19. The molecule has 0 radical (unpaired) electrons. The van der Waals surface area contributed by atoms with Crippen LogP contribution in [0, 0.1) is 0 Å². The van der Waals surface area contributed by atoms with Gasteiger partial charge in [-0.25, -0.2) is 4.79 Å². The van der Waals surface area contributed by atoms with E-state index in [4.69, 9.17) is 16.3 Å². The molecule has 1 saturated heterocycles. The Hall–Kier alpha value is -3.36. The third-order valence-electron chi connectivity index (χ3n) is 6.06. The molecule has 2 N–H and O–H groups in total. The van der Waals surface area contributed by atoms with Crippen LogP contribution in [0.3, 0.4) is 0 Å². The van der Waals surface area contributed by atoms with E-state index in [1.807, 2.05) is 18.2 Å². The average Bonchev–Trinajstić information content (AvgIpc) is 3.17. The molecule has 2 aromatic heterocycles. The molecule has 1 aliphatic rings. The van der Waals surface area contributed by atoms with Crippen molar-refractivity contribution in [1.29, 1.82) is 0 Å². The van der Waals surface area contributed by atoms with E-state index in [9.17, 15) is 9.59 Å². The van der Waals surface area contributed by atoms with E-state index in [0.717, 1.165) is 41.2 Å². The molecule has 1 aliphatic heterocycles. The van der Waals surface area contributed by atoms with Crippen LogP contribution in [0.4, 0.5) is 0 Å². The summed E-state index contributed by atoms with van der Waals surface area (Å²) < 4.78 is 6.36. The molecule has 0 saturated carbocycles. The van der Waals surface area contributed by atoms with Gasteiger partial charge in [0.1, 0.15) is 11.3 Å². The number of likely N-dealkylation sites (tertiary alicyclic amines) is 1. The van der Waals surface area contributed by atoms with Crippen LogP contribution in [0.1, 0.15) is 30.4 Å². The van der Waals surface area contributed by atoms with Crippen LogP contribution in [-0.2, 0) is 6.54 Å². The molecule has 33 heavy (non-hydrogen) atoms. The van der Waals surface area contributed by atoms with E-state index >= 15 is 0 Å². The molecule has 8 nitrogen and oxygen atoms in total. The fraction of sp³-hybridized carbons (Fsp3) is 0.292. The maximum atomic E-state index is 13.0. The Morgan fingerprint density at radius 1 is 1.06 bits per heavy atom. The van der Waals surface area contributed by atoms with Gasteiger partial charge in [-0.2, -0.15) is 5.10 Å². The van der Waals surface area contributed by atoms with Gasteiger partial charge in [0.05, 0.1) is 18.8 Å². The highest BCUT2D eigenvalue weighted by molar-refractivity contribution is 6.31. The summed E-state index contributed by atoms with van der Waals surface area (Å²) in [5.74, 6) is 0.811. The molecule has 9 heteroatoms. The molecule has 0 amide bonds. The van der Waals surface area contributed by atoms with Gasteiger partial charge in [0.15, 0.2) is 0 Å². The highest BCUT2D eigenvalue weighted by Crippen LogP contribution is 2.25. The molecule has 0 atom stereocenters. The van der Waals surface area contributed by atoms with Crippen LogP contribution in [0.15, 0.2) is 51.1 Å². The summed E-state index contributed by atoms with van der Waals surface area (Å²) in [6.07, 6.45) is 5.20.